The normalized spacial score (nSPS) is 27.3. The van der Waals surface area contributed by atoms with Gasteiger partial charge < -0.3 is 5.32 Å². The molecule has 0 aromatic heterocycles. The SMILES string of the molecule is Clc1cc(Br)cc(Cl)c1NC1CCN2CCCCC12. The number of nitrogens with one attached hydrogen (secondary N) is 1. The van der Waals surface area contributed by atoms with Crippen LogP contribution in [-0.2, 0) is 0 Å². The topological polar surface area (TPSA) is 15.3 Å². The van der Waals surface area contributed by atoms with Gasteiger partial charge in [-0.3, -0.25) is 4.90 Å². The summed E-state index contributed by atoms with van der Waals surface area (Å²) in [5.41, 5.74) is 0.879. The van der Waals surface area contributed by atoms with Crippen LogP contribution in [0.25, 0.3) is 0 Å². The highest BCUT2D eigenvalue weighted by Gasteiger charge is 2.35. The van der Waals surface area contributed by atoms with E-state index in [0.29, 0.717) is 22.1 Å². The van der Waals surface area contributed by atoms with Crippen molar-refractivity contribution < 1.29 is 0 Å². The number of benzene rings is 1. The van der Waals surface area contributed by atoms with E-state index in [4.69, 9.17) is 23.2 Å². The minimum atomic E-state index is 0.469. The van der Waals surface area contributed by atoms with Crippen molar-refractivity contribution in [2.45, 2.75) is 37.8 Å². The van der Waals surface area contributed by atoms with Gasteiger partial charge in [0, 0.05) is 23.1 Å². The summed E-state index contributed by atoms with van der Waals surface area (Å²) >= 11 is 16.0. The van der Waals surface area contributed by atoms with E-state index in [2.05, 4.69) is 26.1 Å². The third-order valence-corrected chi connectivity index (χ3v) is 5.25. The molecule has 0 bridgehead atoms. The Morgan fingerprint density at radius 2 is 1.84 bits per heavy atom. The van der Waals surface area contributed by atoms with Crippen molar-refractivity contribution in [3.8, 4) is 0 Å². The highest BCUT2D eigenvalue weighted by atomic mass is 79.9. The molecule has 1 N–H and O–H groups in total. The molecule has 0 saturated carbocycles. The van der Waals surface area contributed by atoms with Gasteiger partial charge in [-0.1, -0.05) is 45.6 Å². The van der Waals surface area contributed by atoms with Crippen LogP contribution in [0.4, 0.5) is 5.69 Å². The second-order valence-electron chi connectivity index (χ2n) is 5.38. The molecule has 2 heterocycles. The van der Waals surface area contributed by atoms with E-state index >= 15 is 0 Å². The molecule has 3 rings (SSSR count). The van der Waals surface area contributed by atoms with Gasteiger partial charge in [-0.25, -0.2) is 0 Å². The Balaban J connectivity index is 1.78. The summed E-state index contributed by atoms with van der Waals surface area (Å²) in [7, 11) is 0. The molecule has 2 unspecified atom stereocenters. The van der Waals surface area contributed by atoms with Crippen LogP contribution in [0.5, 0.6) is 0 Å². The van der Waals surface area contributed by atoms with Gasteiger partial charge in [-0.2, -0.15) is 0 Å². The molecule has 2 fully saturated rings. The van der Waals surface area contributed by atoms with E-state index in [1.807, 2.05) is 12.1 Å². The molecule has 2 aliphatic heterocycles. The molecule has 2 aliphatic rings. The van der Waals surface area contributed by atoms with Gasteiger partial charge in [0.2, 0.25) is 0 Å². The lowest BCUT2D eigenvalue weighted by Crippen LogP contribution is -2.41. The number of hydrogen-bond donors (Lipinski definition) is 1. The van der Waals surface area contributed by atoms with Crippen LogP contribution in [0.15, 0.2) is 16.6 Å². The summed E-state index contributed by atoms with van der Waals surface area (Å²) in [6.07, 6.45) is 5.13. The second kappa shape index (κ2) is 5.80. The first-order chi connectivity index (χ1) is 9.15. The third kappa shape index (κ3) is 2.90. The highest BCUT2D eigenvalue weighted by molar-refractivity contribution is 9.10. The summed E-state index contributed by atoms with van der Waals surface area (Å²) < 4.78 is 0.916. The van der Waals surface area contributed by atoms with Crippen LogP contribution in [0.3, 0.4) is 0 Å². The average molecular weight is 364 g/mol. The van der Waals surface area contributed by atoms with Crippen molar-refractivity contribution in [2.24, 2.45) is 0 Å². The van der Waals surface area contributed by atoms with E-state index < -0.39 is 0 Å². The summed E-state index contributed by atoms with van der Waals surface area (Å²) in [6, 6.07) is 4.90. The Bertz CT molecular complexity index is 458. The third-order valence-electron chi connectivity index (χ3n) is 4.19. The van der Waals surface area contributed by atoms with Crippen molar-refractivity contribution in [3.63, 3.8) is 0 Å². The van der Waals surface area contributed by atoms with Crippen molar-refractivity contribution in [3.05, 3.63) is 26.7 Å². The van der Waals surface area contributed by atoms with Crippen LogP contribution < -0.4 is 5.32 Å². The molecule has 0 spiro atoms. The number of halogens is 3. The van der Waals surface area contributed by atoms with E-state index in [-0.39, 0.29) is 0 Å². The number of rotatable bonds is 2. The number of piperidine rings is 1. The molecule has 2 nitrogen and oxygen atoms in total. The molecule has 2 saturated heterocycles. The molecular weight excluding hydrogens is 347 g/mol. The zero-order valence-corrected chi connectivity index (χ0v) is 13.7. The first-order valence-corrected chi connectivity index (χ1v) is 8.35. The highest BCUT2D eigenvalue weighted by Crippen LogP contribution is 2.37. The lowest BCUT2D eigenvalue weighted by Gasteiger charge is -2.33. The molecule has 1 aromatic rings. The molecule has 1 aromatic carbocycles. The molecule has 5 heteroatoms. The van der Waals surface area contributed by atoms with Gasteiger partial charge >= 0.3 is 0 Å². The number of hydrogen-bond acceptors (Lipinski definition) is 2. The second-order valence-corrected chi connectivity index (χ2v) is 7.11. The fourth-order valence-corrected chi connectivity index (χ4v) is 4.60. The molecule has 0 aliphatic carbocycles. The number of nitrogens with zero attached hydrogens (tertiary/aromatic N) is 1. The molecule has 0 radical (unpaired) electrons. The Morgan fingerprint density at radius 3 is 2.58 bits per heavy atom. The maximum absolute atomic E-state index is 6.30. The maximum Gasteiger partial charge on any atom is 0.0722 e. The minimum absolute atomic E-state index is 0.469. The Labute approximate surface area is 132 Å². The van der Waals surface area contributed by atoms with Gasteiger partial charge in [0.05, 0.1) is 15.7 Å². The fourth-order valence-electron chi connectivity index (χ4n) is 3.28. The van der Waals surface area contributed by atoms with Gasteiger partial charge in [-0.15, -0.1) is 0 Å². The van der Waals surface area contributed by atoms with Crippen molar-refractivity contribution in [1.29, 1.82) is 0 Å². The predicted molar refractivity (Wildman–Crippen MR) is 85.4 cm³/mol. The van der Waals surface area contributed by atoms with Crippen molar-refractivity contribution in [1.82, 2.24) is 4.90 Å². The predicted octanol–water partition coefficient (Wildman–Crippen LogP) is 4.79. The Hall–Kier alpha value is 0.0400. The number of anilines is 1. The van der Waals surface area contributed by atoms with Crippen LogP contribution in [-0.4, -0.2) is 30.1 Å². The molecule has 0 amide bonds. The fraction of sp³-hybridized carbons (Fsp3) is 0.571. The zero-order chi connectivity index (χ0) is 13.4. The van der Waals surface area contributed by atoms with Crippen molar-refractivity contribution >= 4 is 44.8 Å². The van der Waals surface area contributed by atoms with Gasteiger partial charge in [0.1, 0.15) is 0 Å². The van der Waals surface area contributed by atoms with Crippen LogP contribution >= 0.6 is 39.1 Å². The van der Waals surface area contributed by atoms with Gasteiger partial charge in [0.25, 0.3) is 0 Å². The van der Waals surface area contributed by atoms with E-state index in [0.717, 1.165) is 10.2 Å². The van der Waals surface area contributed by atoms with E-state index in [9.17, 15) is 0 Å². The van der Waals surface area contributed by atoms with E-state index in [1.165, 1.54) is 38.8 Å². The quantitative estimate of drug-likeness (QED) is 0.812. The lowest BCUT2D eigenvalue weighted by molar-refractivity contribution is 0.193. The largest absolute Gasteiger partial charge is 0.378 e. The van der Waals surface area contributed by atoms with Crippen LogP contribution in [0, 0.1) is 0 Å². The Morgan fingerprint density at radius 1 is 1.11 bits per heavy atom. The molecular formula is C14H17BrCl2N2. The minimum Gasteiger partial charge on any atom is -0.378 e. The van der Waals surface area contributed by atoms with Crippen molar-refractivity contribution in [2.75, 3.05) is 18.4 Å². The first kappa shape index (κ1) is 14.0. The molecule has 2 atom stereocenters. The Kier molecular flexibility index (Phi) is 4.28. The van der Waals surface area contributed by atoms with Crippen LogP contribution in [0.1, 0.15) is 25.7 Å². The molecule has 104 valence electrons. The average Bonchev–Trinajstić information content (AvgIpc) is 2.77. The smallest absolute Gasteiger partial charge is 0.0722 e. The lowest BCUT2D eigenvalue weighted by atomic mass is 9.99. The number of fused-ring (bicyclic) bond motifs is 1. The monoisotopic (exact) mass is 362 g/mol. The standard InChI is InChI=1S/C14H17BrCl2N2/c15-9-7-10(16)14(11(17)8-9)18-12-4-6-19-5-2-1-3-13(12)19/h7-8,12-13,18H,1-6H2. The van der Waals surface area contributed by atoms with Gasteiger partial charge in [0.15, 0.2) is 0 Å². The summed E-state index contributed by atoms with van der Waals surface area (Å²) in [4.78, 5) is 2.60. The summed E-state index contributed by atoms with van der Waals surface area (Å²) in [6.45, 7) is 2.43. The summed E-state index contributed by atoms with van der Waals surface area (Å²) in [5.74, 6) is 0. The molecule has 19 heavy (non-hydrogen) atoms. The van der Waals surface area contributed by atoms with Gasteiger partial charge in [-0.05, 0) is 37.9 Å². The zero-order valence-electron chi connectivity index (χ0n) is 10.6. The maximum atomic E-state index is 6.30. The first-order valence-electron chi connectivity index (χ1n) is 6.80. The summed E-state index contributed by atoms with van der Waals surface area (Å²) in [5, 5.41) is 4.95. The van der Waals surface area contributed by atoms with Crippen LogP contribution in [0.2, 0.25) is 10.0 Å². The van der Waals surface area contributed by atoms with E-state index in [1.54, 1.807) is 0 Å².